The number of aromatic nitrogens is 1. The van der Waals surface area contributed by atoms with Gasteiger partial charge in [-0.05, 0) is 30.5 Å². The first-order chi connectivity index (χ1) is 25.5. The van der Waals surface area contributed by atoms with Crippen molar-refractivity contribution in [2.24, 2.45) is 5.92 Å². The summed E-state index contributed by atoms with van der Waals surface area (Å²) in [4.78, 5) is 82.0. The molecular formula is C36H37FN4O9S3. The summed E-state index contributed by atoms with van der Waals surface area (Å²) >= 11 is 4.21. The second kappa shape index (κ2) is 15.7. The maximum absolute atomic E-state index is 15.3. The molecule has 0 bridgehead atoms. The number of Topliss-reactive ketones (excluding diaryl/α,β-unsaturated/α-hetero) is 1. The molecule has 4 aliphatic rings. The fourth-order valence-electron chi connectivity index (χ4n) is 6.92. The number of benzene rings is 1. The molecule has 2 saturated heterocycles. The van der Waals surface area contributed by atoms with Gasteiger partial charge in [0.15, 0.2) is 0 Å². The number of ketones is 1. The number of nitrogens with one attached hydrogen (secondary N) is 1. The molecule has 3 aromatic rings. The fourth-order valence-corrected chi connectivity index (χ4v) is 10.2. The highest BCUT2D eigenvalue weighted by molar-refractivity contribution is 8.00. The lowest BCUT2D eigenvalue weighted by atomic mass is 9.89. The number of nitrogens with zero attached hydrogens (tertiary/aromatic N) is 3. The van der Waals surface area contributed by atoms with E-state index >= 15 is 4.39 Å². The molecule has 0 spiro atoms. The molecule has 2 aromatic heterocycles. The number of ether oxygens (including phenoxy) is 3. The summed E-state index contributed by atoms with van der Waals surface area (Å²) in [5, 5.41) is 5.14. The monoisotopic (exact) mass is 784 g/mol. The number of anilines is 1. The van der Waals surface area contributed by atoms with Crippen LogP contribution in [0.3, 0.4) is 0 Å². The third-order valence-electron chi connectivity index (χ3n) is 9.49. The molecule has 1 aromatic carbocycles. The Balaban J connectivity index is 0.985. The highest BCUT2D eigenvalue weighted by Crippen LogP contribution is 2.47. The van der Waals surface area contributed by atoms with E-state index in [0.717, 1.165) is 18.0 Å². The van der Waals surface area contributed by atoms with Gasteiger partial charge in [0.1, 0.15) is 29.5 Å². The van der Waals surface area contributed by atoms with Gasteiger partial charge in [-0.2, -0.15) is 0 Å². The maximum atomic E-state index is 15.3. The molecule has 4 aliphatic heterocycles. The van der Waals surface area contributed by atoms with Crippen LogP contribution in [-0.4, -0.2) is 96.2 Å². The van der Waals surface area contributed by atoms with Crippen molar-refractivity contribution in [3.05, 3.63) is 67.4 Å². The number of β-lactam (4-membered cyclic amide) rings is 1. The summed E-state index contributed by atoms with van der Waals surface area (Å²) in [5.41, 5.74) is 0.580. The predicted molar refractivity (Wildman–Crippen MR) is 198 cm³/mol. The van der Waals surface area contributed by atoms with Gasteiger partial charge in [0.2, 0.25) is 11.3 Å². The lowest BCUT2D eigenvalue weighted by Crippen LogP contribution is -2.62. The first-order valence-electron chi connectivity index (χ1n) is 17.3. The number of thiophene rings is 1. The lowest BCUT2D eigenvalue weighted by molar-refractivity contribution is -0.156. The minimum absolute atomic E-state index is 0.0130. The largest absolute Gasteiger partial charge is 0.462 e. The zero-order valence-corrected chi connectivity index (χ0v) is 31.5. The Bertz CT molecular complexity index is 2080. The number of thioether (sulfide) groups is 2. The first-order valence-corrected chi connectivity index (χ1v) is 20.1. The van der Waals surface area contributed by atoms with Crippen LogP contribution in [0, 0.1) is 11.7 Å². The summed E-state index contributed by atoms with van der Waals surface area (Å²) in [6.07, 6.45) is 0.365. The average molecular weight is 785 g/mol. The standard InChI is InChI=1S/C36H37FN4O9S3/c1-19-40-27-16-28(39-8-6-38-7-9-39)26(37)15-24(27)31(44)29(34(40)53-19)35(46)48-10-4-11-49-36(47)30-21(17-50-20(2)42)18-52-33-25(32(45)41(30)33)14-22(43)13-23-5-3-12-51-23/h3,5,12,15-16,19,25,33,38H,4,6-11,13-14,17-18H2,1-2H3/t19?,25-,33-/m0/s1. The van der Waals surface area contributed by atoms with E-state index in [-0.39, 0.29) is 72.8 Å². The average Bonchev–Trinajstić information content (AvgIpc) is 3.65. The molecule has 7 rings (SSSR count). The molecule has 2 fully saturated rings. The summed E-state index contributed by atoms with van der Waals surface area (Å²) in [6.45, 7) is 5.30. The van der Waals surface area contributed by atoms with Crippen LogP contribution in [0.5, 0.6) is 0 Å². The van der Waals surface area contributed by atoms with Gasteiger partial charge in [0, 0.05) is 74.0 Å². The first kappa shape index (κ1) is 37.1. The van der Waals surface area contributed by atoms with E-state index in [1.165, 1.54) is 52.8 Å². The summed E-state index contributed by atoms with van der Waals surface area (Å²) in [6, 6.07) is 6.60. The quantitative estimate of drug-likeness (QED) is 0.116. The number of hydrogen-bond donors (Lipinski definition) is 1. The van der Waals surface area contributed by atoms with Crippen LogP contribution < -0.4 is 15.6 Å². The number of carbonyl (C=O) groups is 5. The minimum atomic E-state index is -0.859. The molecular weight excluding hydrogens is 748 g/mol. The van der Waals surface area contributed by atoms with Crippen molar-refractivity contribution in [2.75, 3.05) is 56.7 Å². The molecule has 0 aliphatic carbocycles. The van der Waals surface area contributed by atoms with Gasteiger partial charge < -0.3 is 29.0 Å². The van der Waals surface area contributed by atoms with E-state index in [0.29, 0.717) is 40.6 Å². The molecule has 13 nitrogen and oxygen atoms in total. The summed E-state index contributed by atoms with van der Waals surface area (Å²) in [7, 11) is 0. The Morgan fingerprint density at radius 3 is 2.49 bits per heavy atom. The molecule has 53 heavy (non-hydrogen) atoms. The van der Waals surface area contributed by atoms with E-state index in [4.69, 9.17) is 14.2 Å². The van der Waals surface area contributed by atoms with Crippen LogP contribution in [-0.2, 0) is 39.8 Å². The smallest absolute Gasteiger partial charge is 0.355 e. The molecule has 17 heteroatoms. The SMILES string of the molecule is CC(=O)OCC1=C(C(=O)OCCCOC(=O)c2c3n(c4cc(N5CCNCC5)c(F)cc4c2=O)C(C)S3)N2C(=O)[C@H](CC(=O)Cc3cccs3)[C@@H]2SC1. The molecule has 0 saturated carbocycles. The summed E-state index contributed by atoms with van der Waals surface area (Å²) in [5.74, 6) is -3.50. The predicted octanol–water partition coefficient (Wildman–Crippen LogP) is 3.88. The Morgan fingerprint density at radius 2 is 1.79 bits per heavy atom. The third-order valence-corrected chi connectivity index (χ3v) is 12.9. The van der Waals surface area contributed by atoms with Crippen LogP contribution in [0.1, 0.15) is 47.3 Å². The number of esters is 3. The zero-order valence-electron chi connectivity index (χ0n) is 29.0. The van der Waals surface area contributed by atoms with Crippen molar-refractivity contribution in [3.63, 3.8) is 0 Å². The van der Waals surface area contributed by atoms with Gasteiger partial charge in [-0.3, -0.25) is 24.1 Å². The second-order valence-electron chi connectivity index (χ2n) is 13.0. The molecule has 1 unspecified atom stereocenters. The third kappa shape index (κ3) is 7.35. The normalized spacial score (nSPS) is 20.7. The number of rotatable bonds is 13. The zero-order chi connectivity index (χ0) is 37.4. The highest BCUT2D eigenvalue weighted by Gasteiger charge is 2.54. The number of halogens is 1. The summed E-state index contributed by atoms with van der Waals surface area (Å²) < 4.78 is 33.3. The molecule has 280 valence electrons. The Labute approximate surface area is 316 Å². The molecule has 6 heterocycles. The number of piperazine rings is 1. The van der Waals surface area contributed by atoms with Crippen LogP contribution in [0.25, 0.3) is 10.9 Å². The number of fused-ring (bicyclic) bond motifs is 4. The van der Waals surface area contributed by atoms with Crippen molar-refractivity contribution in [1.29, 1.82) is 0 Å². The Kier molecular flexibility index (Phi) is 11.0. The van der Waals surface area contributed by atoms with Gasteiger partial charge in [-0.15, -0.1) is 23.1 Å². The van der Waals surface area contributed by atoms with Crippen LogP contribution in [0.15, 0.2) is 50.7 Å². The van der Waals surface area contributed by atoms with Crippen molar-refractivity contribution >= 4 is 81.0 Å². The molecule has 1 amide bonds. The van der Waals surface area contributed by atoms with Gasteiger partial charge >= 0.3 is 17.9 Å². The molecule has 3 atom stereocenters. The van der Waals surface area contributed by atoms with E-state index in [2.05, 4.69) is 5.32 Å². The van der Waals surface area contributed by atoms with E-state index in [9.17, 15) is 28.8 Å². The second-order valence-corrected chi connectivity index (χ2v) is 16.5. The van der Waals surface area contributed by atoms with Crippen molar-refractivity contribution < 1.29 is 42.6 Å². The maximum Gasteiger partial charge on any atom is 0.355 e. The number of hydrogen-bond acceptors (Lipinski definition) is 14. The van der Waals surface area contributed by atoms with Crippen molar-refractivity contribution in [1.82, 2.24) is 14.8 Å². The topological polar surface area (TPSA) is 154 Å². The fraction of sp³-hybridized carbons (Fsp3) is 0.444. The minimum Gasteiger partial charge on any atom is -0.462 e. The van der Waals surface area contributed by atoms with E-state index in [1.54, 1.807) is 6.07 Å². The van der Waals surface area contributed by atoms with Crippen LogP contribution in [0.4, 0.5) is 10.1 Å². The molecule has 0 radical (unpaired) electrons. The molecule has 1 N–H and O–H groups in total. The van der Waals surface area contributed by atoms with Gasteiger partial charge in [0.25, 0.3) is 0 Å². The van der Waals surface area contributed by atoms with Crippen molar-refractivity contribution in [2.45, 2.75) is 48.9 Å². The van der Waals surface area contributed by atoms with Gasteiger partial charge in [-0.25, -0.2) is 14.0 Å². The van der Waals surface area contributed by atoms with Crippen LogP contribution >= 0.6 is 34.9 Å². The van der Waals surface area contributed by atoms with E-state index in [1.807, 2.05) is 33.9 Å². The van der Waals surface area contributed by atoms with Crippen LogP contribution in [0.2, 0.25) is 0 Å². The van der Waals surface area contributed by atoms with Gasteiger partial charge in [0.05, 0.1) is 46.1 Å². The van der Waals surface area contributed by atoms with Gasteiger partial charge in [-0.1, -0.05) is 17.8 Å². The number of amides is 1. The Hall–Kier alpha value is -4.19. The van der Waals surface area contributed by atoms with Crippen molar-refractivity contribution in [3.8, 4) is 0 Å². The number of carbonyl (C=O) groups excluding carboxylic acids is 5. The Morgan fingerprint density at radius 1 is 1.04 bits per heavy atom. The van der Waals surface area contributed by atoms with E-state index < -0.39 is 40.4 Å². The lowest BCUT2D eigenvalue weighted by Gasteiger charge is -2.49. The highest BCUT2D eigenvalue weighted by atomic mass is 32.2. The number of pyridine rings is 1.